The summed E-state index contributed by atoms with van der Waals surface area (Å²) in [7, 11) is 0. The van der Waals surface area contributed by atoms with Gasteiger partial charge < -0.3 is 10.3 Å². The third-order valence-electron chi connectivity index (χ3n) is 4.01. The van der Waals surface area contributed by atoms with Crippen LogP contribution in [0.25, 0.3) is 16.7 Å². The summed E-state index contributed by atoms with van der Waals surface area (Å²) < 4.78 is 1.73. The molecule has 3 heterocycles. The first-order chi connectivity index (χ1) is 12.3. The van der Waals surface area contributed by atoms with Crippen LogP contribution in [-0.4, -0.2) is 37.2 Å². The number of H-pyrrole nitrogens is 1. The maximum Gasteiger partial charge on any atom is 0.271 e. The molecule has 0 saturated carbocycles. The van der Waals surface area contributed by atoms with Crippen LogP contribution in [-0.2, 0) is 6.42 Å². The van der Waals surface area contributed by atoms with E-state index in [2.05, 4.69) is 31.5 Å². The molecule has 0 aliphatic heterocycles. The molecular formula is C18H16N6O. The van der Waals surface area contributed by atoms with Crippen LogP contribution in [0.1, 0.15) is 16.1 Å². The van der Waals surface area contributed by atoms with Crippen LogP contribution in [0.3, 0.4) is 0 Å². The molecule has 4 rings (SSSR count). The predicted molar refractivity (Wildman–Crippen MR) is 93.5 cm³/mol. The van der Waals surface area contributed by atoms with Gasteiger partial charge in [0.2, 0.25) is 0 Å². The molecule has 124 valence electrons. The van der Waals surface area contributed by atoms with E-state index in [1.807, 2.05) is 24.4 Å². The minimum Gasteiger partial charge on any atom is -0.361 e. The molecule has 7 heteroatoms. The largest absolute Gasteiger partial charge is 0.361 e. The van der Waals surface area contributed by atoms with Crippen LogP contribution in [0.4, 0.5) is 0 Å². The Morgan fingerprint density at radius 3 is 2.88 bits per heavy atom. The summed E-state index contributed by atoms with van der Waals surface area (Å²) in [6.07, 6.45) is 7.79. The second-order valence-electron chi connectivity index (χ2n) is 5.61. The molecule has 7 nitrogen and oxygen atoms in total. The highest BCUT2D eigenvalue weighted by Crippen LogP contribution is 2.17. The van der Waals surface area contributed by atoms with Crippen molar-refractivity contribution in [3.05, 3.63) is 72.6 Å². The smallest absolute Gasteiger partial charge is 0.271 e. The normalized spacial score (nSPS) is 10.9. The van der Waals surface area contributed by atoms with Gasteiger partial charge in [0.05, 0.1) is 0 Å². The van der Waals surface area contributed by atoms with Crippen LogP contribution in [0.2, 0.25) is 0 Å². The van der Waals surface area contributed by atoms with Crippen LogP contribution >= 0.6 is 0 Å². The number of hydrogen-bond acceptors (Lipinski definition) is 4. The summed E-state index contributed by atoms with van der Waals surface area (Å²) in [6.45, 7) is 0.533. The number of fused-ring (bicyclic) bond motifs is 1. The van der Waals surface area contributed by atoms with Gasteiger partial charge in [-0.3, -0.25) is 9.36 Å². The molecule has 0 aliphatic carbocycles. The molecule has 0 radical (unpaired) electrons. The van der Waals surface area contributed by atoms with Gasteiger partial charge in [-0.05, 0) is 30.2 Å². The molecule has 0 saturated heterocycles. The number of carbonyl (C=O) groups is 1. The lowest BCUT2D eigenvalue weighted by Crippen LogP contribution is -2.26. The van der Waals surface area contributed by atoms with E-state index in [0.717, 1.165) is 11.9 Å². The van der Waals surface area contributed by atoms with E-state index < -0.39 is 0 Å². The average Bonchev–Trinajstić information content (AvgIpc) is 3.32. The maximum absolute atomic E-state index is 12.2. The number of aromatic amines is 1. The van der Waals surface area contributed by atoms with E-state index >= 15 is 0 Å². The van der Waals surface area contributed by atoms with Crippen molar-refractivity contribution in [3.63, 3.8) is 0 Å². The Morgan fingerprint density at radius 1 is 1.16 bits per heavy atom. The molecule has 0 atom stereocenters. The summed E-state index contributed by atoms with van der Waals surface area (Å²) in [5.41, 5.74) is 2.57. The number of amides is 1. The number of nitrogens with one attached hydrogen (secondary N) is 2. The molecular weight excluding hydrogens is 316 g/mol. The van der Waals surface area contributed by atoms with Crippen molar-refractivity contribution in [3.8, 4) is 5.82 Å². The van der Waals surface area contributed by atoms with E-state index in [4.69, 9.17) is 0 Å². The topological polar surface area (TPSA) is 88.5 Å². The van der Waals surface area contributed by atoms with Gasteiger partial charge in [-0.2, -0.15) is 0 Å². The molecule has 0 unspecified atom stereocenters. The van der Waals surface area contributed by atoms with Crippen molar-refractivity contribution < 1.29 is 4.79 Å². The Labute approximate surface area is 143 Å². The van der Waals surface area contributed by atoms with E-state index in [9.17, 15) is 4.79 Å². The van der Waals surface area contributed by atoms with E-state index in [1.165, 1.54) is 10.9 Å². The van der Waals surface area contributed by atoms with Crippen molar-refractivity contribution in [2.24, 2.45) is 0 Å². The van der Waals surface area contributed by atoms with Crippen molar-refractivity contribution in [1.82, 2.24) is 30.0 Å². The van der Waals surface area contributed by atoms with Crippen LogP contribution in [0, 0.1) is 0 Å². The molecule has 3 aromatic heterocycles. The molecule has 1 aromatic carbocycles. The van der Waals surface area contributed by atoms with Crippen LogP contribution < -0.4 is 5.32 Å². The fourth-order valence-corrected chi connectivity index (χ4v) is 2.72. The standard InChI is InChI=1S/C18H16N6O/c25-18(16-5-6-17(23-22-16)24-10-9-19-12-24)20-8-7-13-11-21-15-4-2-1-3-14(13)15/h1-6,9-12,21H,7-8H2,(H,20,25). The number of hydrogen-bond donors (Lipinski definition) is 2. The molecule has 0 spiro atoms. The third-order valence-corrected chi connectivity index (χ3v) is 4.01. The number of aromatic nitrogens is 5. The van der Waals surface area contributed by atoms with Gasteiger partial charge in [-0.15, -0.1) is 10.2 Å². The van der Waals surface area contributed by atoms with Crippen molar-refractivity contribution in [2.75, 3.05) is 6.54 Å². The van der Waals surface area contributed by atoms with Gasteiger partial charge in [0.1, 0.15) is 6.33 Å². The minimum atomic E-state index is -0.232. The molecule has 0 bridgehead atoms. The Bertz CT molecular complexity index is 988. The van der Waals surface area contributed by atoms with Gasteiger partial charge in [0.15, 0.2) is 11.5 Å². The zero-order chi connectivity index (χ0) is 17.1. The summed E-state index contributed by atoms with van der Waals surface area (Å²) in [5.74, 6) is 0.386. The lowest BCUT2D eigenvalue weighted by molar-refractivity contribution is 0.0948. The van der Waals surface area contributed by atoms with Crippen molar-refractivity contribution >= 4 is 16.8 Å². The highest BCUT2D eigenvalue weighted by Gasteiger charge is 2.09. The van der Waals surface area contributed by atoms with Gasteiger partial charge >= 0.3 is 0 Å². The summed E-state index contributed by atoms with van der Waals surface area (Å²) in [6, 6.07) is 11.5. The minimum absolute atomic E-state index is 0.232. The Balaban J connectivity index is 1.37. The number of benzene rings is 1. The summed E-state index contributed by atoms with van der Waals surface area (Å²) in [5, 5.41) is 12.1. The van der Waals surface area contributed by atoms with Crippen molar-refractivity contribution in [2.45, 2.75) is 6.42 Å². The summed E-state index contributed by atoms with van der Waals surface area (Å²) >= 11 is 0. The van der Waals surface area contributed by atoms with Crippen LogP contribution in [0.5, 0.6) is 0 Å². The monoisotopic (exact) mass is 332 g/mol. The number of carbonyl (C=O) groups excluding carboxylic acids is 1. The second-order valence-corrected chi connectivity index (χ2v) is 5.61. The fraction of sp³-hybridized carbons (Fsp3) is 0.111. The quantitative estimate of drug-likeness (QED) is 0.586. The van der Waals surface area contributed by atoms with Gasteiger partial charge in [0.25, 0.3) is 5.91 Å². The first-order valence-electron chi connectivity index (χ1n) is 7.96. The molecule has 4 aromatic rings. The second kappa shape index (κ2) is 6.56. The fourth-order valence-electron chi connectivity index (χ4n) is 2.72. The molecule has 2 N–H and O–H groups in total. The summed E-state index contributed by atoms with van der Waals surface area (Å²) in [4.78, 5) is 19.4. The number of imidazole rings is 1. The van der Waals surface area contributed by atoms with Crippen LogP contribution in [0.15, 0.2) is 61.3 Å². The SMILES string of the molecule is O=C(NCCc1c[nH]c2ccccc12)c1ccc(-n2ccnc2)nn1. The average molecular weight is 332 g/mol. The zero-order valence-electron chi connectivity index (χ0n) is 13.4. The lowest BCUT2D eigenvalue weighted by Gasteiger charge is -2.05. The molecule has 0 fully saturated rings. The van der Waals surface area contributed by atoms with Gasteiger partial charge in [0, 0.05) is 36.0 Å². The Kier molecular flexibility index (Phi) is 3.96. The Hall–Kier alpha value is -3.48. The number of para-hydroxylation sites is 1. The maximum atomic E-state index is 12.2. The van der Waals surface area contributed by atoms with Crippen molar-refractivity contribution in [1.29, 1.82) is 0 Å². The molecule has 25 heavy (non-hydrogen) atoms. The lowest BCUT2D eigenvalue weighted by atomic mass is 10.1. The number of rotatable bonds is 5. The highest BCUT2D eigenvalue weighted by molar-refractivity contribution is 5.92. The number of nitrogens with zero attached hydrogens (tertiary/aromatic N) is 4. The third kappa shape index (κ3) is 3.12. The van der Waals surface area contributed by atoms with E-state index in [1.54, 1.807) is 35.4 Å². The first kappa shape index (κ1) is 15.1. The van der Waals surface area contributed by atoms with Gasteiger partial charge in [-0.1, -0.05) is 18.2 Å². The highest BCUT2D eigenvalue weighted by atomic mass is 16.1. The first-order valence-corrected chi connectivity index (χ1v) is 7.96. The molecule has 0 aliphatic rings. The zero-order valence-corrected chi connectivity index (χ0v) is 13.4. The predicted octanol–water partition coefficient (Wildman–Crippen LogP) is 2.12. The Morgan fingerprint density at radius 2 is 2.08 bits per heavy atom. The van der Waals surface area contributed by atoms with E-state index in [0.29, 0.717) is 18.1 Å². The molecule has 1 amide bonds. The van der Waals surface area contributed by atoms with Gasteiger partial charge in [-0.25, -0.2) is 4.98 Å². The van der Waals surface area contributed by atoms with E-state index in [-0.39, 0.29) is 5.91 Å².